The lowest BCUT2D eigenvalue weighted by Gasteiger charge is -2.05. The number of aliphatic hydroxyl groups is 1. The highest BCUT2D eigenvalue weighted by Gasteiger charge is 2.05. The standard InChI is InChI=1S/C13H16N2O2/c1-14-13(17)6-8-15-7-5-11-10(9-16)3-2-4-12(11)15/h2-5,7,16H,6,8-9H2,1H3,(H,14,17). The van der Waals surface area contributed by atoms with E-state index in [1.165, 1.54) is 0 Å². The van der Waals surface area contributed by atoms with Crippen LogP contribution >= 0.6 is 0 Å². The van der Waals surface area contributed by atoms with E-state index in [4.69, 9.17) is 0 Å². The molecular weight excluding hydrogens is 216 g/mol. The first-order valence-corrected chi connectivity index (χ1v) is 5.64. The summed E-state index contributed by atoms with van der Waals surface area (Å²) in [7, 11) is 1.64. The molecule has 4 nitrogen and oxygen atoms in total. The maximum Gasteiger partial charge on any atom is 0.221 e. The van der Waals surface area contributed by atoms with E-state index in [2.05, 4.69) is 5.32 Å². The molecule has 2 aromatic rings. The first-order chi connectivity index (χ1) is 8.26. The van der Waals surface area contributed by atoms with Gasteiger partial charge in [-0.05, 0) is 17.7 Å². The molecule has 4 heteroatoms. The van der Waals surface area contributed by atoms with Gasteiger partial charge in [-0.2, -0.15) is 0 Å². The number of amides is 1. The van der Waals surface area contributed by atoms with Crippen molar-refractivity contribution in [3.05, 3.63) is 36.0 Å². The molecule has 0 aliphatic heterocycles. The van der Waals surface area contributed by atoms with Crippen molar-refractivity contribution in [2.24, 2.45) is 0 Å². The van der Waals surface area contributed by atoms with Gasteiger partial charge in [-0.1, -0.05) is 12.1 Å². The average molecular weight is 232 g/mol. The Balaban J connectivity index is 2.27. The van der Waals surface area contributed by atoms with Gasteiger partial charge < -0.3 is 15.0 Å². The summed E-state index contributed by atoms with van der Waals surface area (Å²) >= 11 is 0. The second-order valence-corrected chi connectivity index (χ2v) is 3.94. The number of rotatable bonds is 4. The molecule has 1 aromatic heterocycles. The Kier molecular flexibility index (Phi) is 3.44. The normalized spacial score (nSPS) is 10.7. The van der Waals surface area contributed by atoms with Crippen LogP contribution in [-0.2, 0) is 17.9 Å². The molecule has 1 aromatic carbocycles. The number of aromatic nitrogens is 1. The summed E-state index contributed by atoms with van der Waals surface area (Å²) in [5.41, 5.74) is 1.97. The summed E-state index contributed by atoms with van der Waals surface area (Å²) in [5, 5.41) is 12.9. The third-order valence-electron chi connectivity index (χ3n) is 2.93. The lowest BCUT2D eigenvalue weighted by atomic mass is 10.1. The van der Waals surface area contributed by atoms with E-state index < -0.39 is 0 Å². The molecule has 1 heterocycles. The molecule has 0 saturated carbocycles. The Labute approximate surface area is 99.9 Å². The van der Waals surface area contributed by atoms with Crippen LogP contribution in [0, 0.1) is 0 Å². The highest BCUT2D eigenvalue weighted by molar-refractivity contribution is 5.84. The van der Waals surface area contributed by atoms with Crippen LogP contribution < -0.4 is 5.32 Å². The summed E-state index contributed by atoms with van der Waals surface area (Å²) in [5.74, 6) is 0.0326. The minimum atomic E-state index is 0.0326. The molecule has 0 bridgehead atoms. The maximum absolute atomic E-state index is 11.2. The van der Waals surface area contributed by atoms with E-state index in [0.29, 0.717) is 13.0 Å². The van der Waals surface area contributed by atoms with Gasteiger partial charge >= 0.3 is 0 Å². The molecule has 17 heavy (non-hydrogen) atoms. The van der Waals surface area contributed by atoms with Gasteiger partial charge in [0.1, 0.15) is 0 Å². The zero-order valence-electron chi connectivity index (χ0n) is 9.81. The van der Waals surface area contributed by atoms with Crippen molar-refractivity contribution in [3.63, 3.8) is 0 Å². The monoisotopic (exact) mass is 232 g/mol. The number of hydrogen-bond acceptors (Lipinski definition) is 2. The van der Waals surface area contributed by atoms with Gasteiger partial charge in [0.25, 0.3) is 0 Å². The Morgan fingerprint density at radius 1 is 1.41 bits per heavy atom. The highest BCUT2D eigenvalue weighted by Crippen LogP contribution is 2.20. The Morgan fingerprint density at radius 2 is 2.24 bits per heavy atom. The number of nitrogens with one attached hydrogen (secondary N) is 1. The largest absolute Gasteiger partial charge is 0.392 e. The molecule has 0 fully saturated rings. The Morgan fingerprint density at radius 3 is 2.94 bits per heavy atom. The molecular formula is C13H16N2O2. The molecule has 2 N–H and O–H groups in total. The van der Waals surface area contributed by atoms with Crippen LogP contribution in [0.5, 0.6) is 0 Å². The zero-order valence-corrected chi connectivity index (χ0v) is 9.81. The summed E-state index contributed by atoms with van der Waals surface area (Å²) < 4.78 is 2.03. The van der Waals surface area contributed by atoms with Crippen LogP contribution in [0.2, 0.25) is 0 Å². The Hall–Kier alpha value is -1.81. The van der Waals surface area contributed by atoms with Crippen LogP contribution in [0.15, 0.2) is 30.5 Å². The van der Waals surface area contributed by atoms with Crippen LogP contribution in [0.25, 0.3) is 10.9 Å². The van der Waals surface area contributed by atoms with Crippen molar-refractivity contribution >= 4 is 16.8 Å². The molecule has 1 amide bonds. The van der Waals surface area contributed by atoms with Crippen LogP contribution in [-0.4, -0.2) is 22.6 Å². The van der Waals surface area contributed by atoms with Gasteiger partial charge in [0, 0.05) is 37.1 Å². The quantitative estimate of drug-likeness (QED) is 0.834. The molecule has 0 unspecified atom stereocenters. The summed E-state index contributed by atoms with van der Waals surface area (Å²) in [6, 6.07) is 7.80. The van der Waals surface area contributed by atoms with Crippen molar-refractivity contribution in [1.29, 1.82) is 0 Å². The van der Waals surface area contributed by atoms with Crippen molar-refractivity contribution in [3.8, 4) is 0 Å². The van der Waals surface area contributed by atoms with Gasteiger partial charge in [-0.3, -0.25) is 4.79 Å². The molecule has 0 radical (unpaired) electrons. The van der Waals surface area contributed by atoms with Gasteiger partial charge in [0.05, 0.1) is 6.61 Å². The summed E-state index contributed by atoms with van der Waals surface area (Å²) in [6.07, 6.45) is 2.41. The fourth-order valence-electron chi connectivity index (χ4n) is 1.97. The third-order valence-corrected chi connectivity index (χ3v) is 2.93. The van der Waals surface area contributed by atoms with E-state index >= 15 is 0 Å². The second kappa shape index (κ2) is 5.01. The number of hydrogen-bond donors (Lipinski definition) is 2. The molecule has 90 valence electrons. The number of carbonyl (C=O) groups is 1. The van der Waals surface area contributed by atoms with Crippen molar-refractivity contribution in [2.45, 2.75) is 19.6 Å². The van der Waals surface area contributed by atoms with E-state index in [1.807, 2.05) is 35.0 Å². The molecule has 0 aliphatic carbocycles. The highest BCUT2D eigenvalue weighted by atomic mass is 16.3. The molecule has 2 rings (SSSR count). The van der Waals surface area contributed by atoms with E-state index in [-0.39, 0.29) is 12.5 Å². The van der Waals surface area contributed by atoms with Crippen molar-refractivity contribution < 1.29 is 9.90 Å². The lowest BCUT2D eigenvalue weighted by molar-refractivity contribution is -0.120. The number of benzene rings is 1. The maximum atomic E-state index is 11.2. The summed E-state index contributed by atoms with van der Waals surface area (Å²) in [4.78, 5) is 11.2. The Bertz CT molecular complexity index is 531. The van der Waals surface area contributed by atoms with E-state index in [9.17, 15) is 9.90 Å². The number of fused-ring (bicyclic) bond motifs is 1. The average Bonchev–Trinajstić information content (AvgIpc) is 2.78. The second-order valence-electron chi connectivity index (χ2n) is 3.94. The first-order valence-electron chi connectivity index (χ1n) is 5.64. The molecule has 0 aliphatic rings. The fraction of sp³-hybridized carbons (Fsp3) is 0.308. The lowest BCUT2D eigenvalue weighted by Crippen LogP contribution is -2.19. The van der Waals surface area contributed by atoms with Crippen LogP contribution in [0.3, 0.4) is 0 Å². The van der Waals surface area contributed by atoms with E-state index in [1.54, 1.807) is 7.05 Å². The van der Waals surface area contributed by atoms with Crippen LogP contribution in [0.1, 0.15) is 12.0 Å². The smallest absolute Gasteiger partial charge is 0.221 e. The number of carbonyl (C=O) groups excluding carboxylic acids is 1. The predicted molar refractivity (Wildman–Crippen MR) is 66.5 cm³/mol. The fourth-order valence-corrected chi connectivity index (χ4v) is 1.97. The van der Waals surface area contributed by atoms with Crippen molar-refractivity contribution in [1.82, 2.24) is 9.88 Å². The van der Waals surface area contributed by atoms with Gasteiger partial charge in [-0.15, -0.1) is 0 Å². The van der Waals surface area contributed by atoms with Gasteiger partial charge in [0.2, 0.25) is 5.91 Å². The predicted octanol–water partition coefficient (Wildman–Crippen LogP) is 1.27. The molecule has 0 atom stereocenters. The van der Waals surface area contributed by atoms with Gasteiger partial charge in [0.15, 0.2) is 0 Å². The topological polar surface area (TPSA) is 54.3 Å². The number of nitrogens with zero attached hydrogens (tertiary/aromatic N) is 1. The SMILES string of the molecule is CNC(=O)CCn1ccc2c(CO)cccc21. The van der Waals surface area contributed by atoms with Gasteiger partial charge in [-0.25, -0.2) is 0 Å². The molecule has 0 saturated heterocycles. The first kappa shape index (κ1) is 11.7. The van der Waals surface area contributed by atoms with Crippen LogP contribution in [0.4, 0.5) is 0 Å². The minimum absolute atomic E-state index is 0.0326. The zero-order chi connectivity index (χ0) is 12.3. The van der Waals surface area contributed by atoms with E-state index in [0.717, 1.165) is 16.5 Å². The number of aliphatic hydroxyl groups excluding tert-OH is 1. The van der Waals surface area contributed by atoms with Crippen molar-refractivity contribution in [2.75, 3.05) is 7.05 Å². The number of aryl methyl sites for hydroxylation is 1. The minimum Gasteiger partial charge on any atom is -0.392 e. The summed E-state index contributed by atoms with van der Waals surface area (Å²) in [6.45, 7) is 0.689. The molecule has 0 spiro atoms. The third kappa shape index (κ3) is 2.31.